The monoisotopic (exact) mass is 331 g/mol. The smallest absolute Gasteiger partial charge is 0.396 e. The number of aliphatic hydroxyl groups excluding tert-OH is 1. The number of anilines is 1. The van der Waals surface area contributed by atoms with Gasteiger partial charge in [0.2, 0.25) is 0 Å². The van der Waals surface area contributed by atoms with Crippen LogP contribution in [0, 0.1) is 19.3 Å². The van der Waals surface area contributed by atoms with Crippen LogP contribution in [0.5, 0.6) is 0 Å². The normalized spacial score (nSPS) is 17.3. The summed E-state index contributed by atoms with van der Waals surface area (Å²) in [6.45, 7) is 4.50. The van der Waals surface area contributed by atoms with E-state index in [1.165, 1.54) is 0 Å². The number of aryl methyl sites for hydroxylation is 1. The number of hydrogen-bond acceptors (Lipinski definition) is 6. The Kier molecular flexibility index (Phi) is 3.68. The van der Waals surface area contributed by atoms with Gasteiger partial charge in [0.15, 0.2) is 5.65 Å². The molecule has 1 aliphatic heterocycles. The van der Waals surface area contributed by atoms with Gasteiger partial charge in [-0.1, -0.05) is 0 Å². The lowest BCUT2D eigenvalue weighted by molar-refractivity contribution is -0.146. The van der Waals surface area contributed by atoms with E-state index in [9.17, 15) is 18.3 Å². The SMILES string of the molecule is Cc1c(NCC2(CO)COC2)nn2c(C(F)(F)F)nnc2c1C. The fourth-order valence-corrected chi connectivity index (χ4v) is 2.38. The van der Waals surface area contributed by atoms with Crippen LogP contribution in [0.3, 0.4) is 0 Å². The van der Waals surface area contributed by atoms with Gasteiger partial charge in [-0.05, 0) is 19.4 Å². The number of halogens is 3. The van der Waals surface area contributed by atoms with Crippen LogP contribution >= 0.6 is 0 Å². The second-order valence-corrected chi connectivity index (χ2v) is 5.86. The quantitative estimate of drug-likeness (QED) is 0.875. The molecule has 1 saturated heterocycles. The van der Waals surface area contributed by atoms with Crippen LogP contribution in [-0.2, 0) is 10.9 Å². The number of nitrogens with one attached hydrogen (secondary N) is 1. The van der Waals surface area contributed by atoms with Gasteiger partial charge in [0.25, 0.3) is 5.82 Å². The van der Waals surface area contributed by atoms with E-state index in [4.69, 9.17) is 4.74 Å². The highest BCUT2D eigenvalue weighted by molar-refractivity contribution is 5.58. The van der Waals surface area contributed by atoms with E-state index in [0.29, 0.717) is 41.2 Å². The maximum atomic E-state index is 13.0. The number of nitrogens with zero attached hydrogens (tertiary/aromatic N) is 4. The molecule has 10 heteroatoms. The van der Waals surface area contributed by atoms with Crippen LogP contribution in [-0.4, -0.2) is 51.3 Å². The van der Waals surface area contributed by atoms with Gasteiger partial charge >= 0.3 is 6.18 Å². The molecule has 2 aromatic rings. The molecule has 3 rings (SSSR count). The molecule has 0 bridgehead atoms. The van der Waals surface area contributed by atoms with E-state index >= 15 is 0 Å². The highest BCUT2D eigenvalue weighted by Gasteiger charge is 2.39. The summed E-state index contributed by atoms with van der Waals surface area (Å²) in [5, 5.41) is 23.2. The first-order valence-corrected chi connectivity index (χ1v) is 7.00. The summed E-state index contributed by atoms with van der Waals surface area (Å²) in [4.78, 5) is 0. The molecule has 0 aliphatic carbocycles. The minimum atomic E-state index is -4.64. The van der Waals surface area contributed by atoms with E-state index in [-0.39, 0.29) is 12.3 Å². The van der Waals surface area contributed by atoms with Gasteiger partial charge in [-0.25, -0.2) is 0 Å². The van der Waals surface area contributed by atoms with E-state index in [1.54, 1.807) is 13.8 Å². The summed E-state index contributed by atoms with van der Waals surface area (Å²) < 4.78 is 44.7. The third kappa shape index (κ3) is 2.61. The molecule has 2 aromatic heterocycles. The average Bonchev–Trinajstić information content (AvgIpc) is 2.87. The fraction of sp³-hybridized carbons (Fsp3) is 0.615. The van der Waals surface area contributed by atoms with Crippen LogP contribution in [0.1, 0.15) is 17.0 Å². The van der Waals surface area contributed by atoms with Crippen LogP contribution in [0.2, 0.25) is 0 Å². The van der Waals surface area contributed by atoms with Gasteiger partial charge in [-0.2, -0.15) is 17.7 Å². The molecule has 7 nitrogen and oxygen atoms in total. The fourth-order valence-electron chi connectivity index (χ4n) is 2.38. The lowest BCUT2D eigenvalue weighted by atomic mass is 9.87. The molecule has 0 saturated carbocycles. The molecular formula is C13H16F3N5O2. The zero-order valence-corrected chi connectivity index (χ0v) is 12.6. The number of alkyl halides is 3. The summed E-state index contributed by atoms with van der Waals surface area (Å²) >= 11 is 0. The Morgan fingerprint density at radius 2 is 1.96 bits per heavy atom. The molecule has 3 heterocycles. The van der Waals surface area contributed by atoms with Crippen molar-refractivity contribution in [2.75, 3.05) is 31.7 Å². The van der Waals surface area contributed by atoms with Crippen molar-refractivity contribution < 1.29 is 23.0 Å². The Morgan fingerprint density at radius 1 is 1.26 bits per heavy atom. The standard InChI is InChI=1S/C13H16F3N5O2/c1-7-8(2)10-18-19-11(13(14,15)16)21(10)20-9(7)17-3-12(4-22)5-23-6-12/h22H,3-6H2,1-2H3,(H,17,20). The Bertz CT molecular complexity index is 734. The number of fused-ring (bicyclic) bond motifs is 1. The van der Waals surface area contributed by atoms with Gasteiger partial charge in [-0.15, -0.1) is 15.3 Å². The van der Waals surface area contributed by atoms with Gasteiger partial charge in [0, 0.05) is 12.1 Å². The number of hydrogen-bond donors (Lipinski definition) is 2. The molecule has 0 unspecified atom stereocenters. The van der Waals surface area contributed by atoms with Crippen molar-refractivity contribution >= 4 is 11.5 Å². The molecule has 0 aromatic carbocycles. The number of ether oxygens (including phenoxy) is 1. The minimum absolute atomic E-state index is 0.0687. The molecule has 1 fully saturated rings. The average molecular weight is 331 g/mol. The molecule has 0 amide bonds. The summed E-state index contributed by atoms with van der Waals surface area (Å²) in [6.07, 6.45) is -4.64. The third-order valence-electron chi connectivity index (χ3n) is 4.13. The second-order valence-electron chi connectivity index (χ2n) is 5.86. The molecule has 1 aliphatic rings. The molecule has 2 N–H and O–H groups in total. The van der Waals surface area contributed by atoms with Crippen molar-refractivity contribution in [3.05, 3.63) is 17.0 Å². The topological polar surface area (TPSA) is 84.6 Å². The van der Waals surface area contributed by atoms with Crippen LogP contribution in [0.4, 0.5) is 19.0 Å². The van der Waals surface area contributed by atoms with Crippen molar-refractivity contribution in [2.45, 2.75) is 20.0 Å². The summed E-state index contributed by atoms with van der Waals surface area (Å²) in [7, 11) is 0. The Hall–Kier alpha value is -1.94. The first-order valence-electron chi connectivity index (χ1n) is 7.00. The van der Waals surface area contributed by atoms with Crippen molar-refractivity contribution in [3.63, 3.8) is 0 Å². The minimum Gasteiger partial charge on any atom is -0.396 e. The third-order valence-corrected chi connectivity index (χ3v) is 4.13. The van der Waals surface area contributed by atoms with E-state index in [2.05, 4.69) is 20.6 Å². The Morgan fingerprint density at radius 3 is 2.48 bits per heavy atom. The molecule has 0 spiro atoms. The highest BCUT2D eigenvalue weighted by Crippen LogP contribution is 2.31. The van der Waals surface area contributed by atoms with E-state index in [1.807, 2.05) is 0 Å². The summed E-state index contributed by atoms with van der Waals surface area (Å²) in [6, 6.07) is 0. The van der Waals surface area contributed by atoms with Crippen LogP contribution < -0.4 is 5.32 Å². The predicted octanol–water partition coefficient (Wildman–Crippen LogP) is 1.18. The molecule has 0 radical (unpaired) electrons. The number of rotatable bonds is 4. The summed E-state index contributed by atoms with van der Waals surface area (Å²) in [5.74, 6) is -0.859. The van der Waals surface area contributed by atoms with Crippen molar-refractivity contribution in [2.24, 2.45) is 5.41 Å². The zero-order valence-electron chi connectivity index (χ0n) is 12.6. The lowest BCUT2D eigenvalue weighted by Gasteiger charge is -2.40. The summed E-state index contributed by atoms with van der Waals surface area (Å²) in [5.41, 5.74) is 0.904. The Balaban J connectivity index is 1.98. The maximum absolute atomic E-state index is 13.0. The Labute approximate surface area is 129 Å². The van der Waals surface area contributed by atoms with Gasteiger partial charge < -0.3 is 15.2 Å². The second kappa shape index (κ2) is 5.31. The zero-order chi connectivity index (χ0) is 16.8. The highest BCUT2D eigenvalue weighted by atomic mass is 19.4. The van der Waals surface area contributed by atoms with Crippen molar-refractivity contribution in [3.8, 4) is 0 Å². The van der Waals surface area contributed by atoms with E-state index < -0.39 is 17.4 Å². The van der Waals surface area contributed by atoms with Crippen LogP contribution in [0.15, 0.2) is 0 Å². The molecule has 126 valence electrons. The van der Waals surface area contributed by atoms with Crippen molar-refractivity contribution in [1.82, 2.24) is 19.8 Å². The first-order chi connectivity index (χ1) is 10.8. The largest absolute Gasteiger partial charge is 0.453 e. The lowest BCUT2D eigenvalue weighted by Crippen LogP contribution is -2.50. The van der Waals surface area contributed by atoms with Gasteiger partial charge in [0.05, 0.1) is 25.2 Å². The number of aromatic nitrogens is 4. The first kappa shape index (κ1) is 15.9. The predicted molar refractivity (Wildman–Crippen MR) is 74.1 cm³/mol. The molecule has 0 atom stereocenters. The molecular weight excluding hydrogens is 315 g/mol. The van der Waals surface area contributed by atoms with Crippen LogP contribution in [0.25, 0.3) is 5.65 Å². The number of aliphatic hydroxyl groups is 1. The van der Waals surface area contributed by atoms with E-state index in [0.717, 1.165) is 0 Å². The van der Waals surface area contributed by atoms with Gasteiger partial charge in [-0.3, -0.25) is 0 Å². The maximum Gasteiger partial charge on any atom is 0.453 e. The molecule has 23 heavy (non-hydrogen) atoms. The van der Waals surface area contributed by atoms with Crippen molar-refractivity contribution in [1.29, 1.82) is 0 Å². The van der Waals surface area contributed by atoms with Gasteiger partial charge in [0.1, 0.15) is 5.82 Å².